The molecule has 0 radical (unpaired) electrons. The Labute approximate surface area is 171 Å². The standard InChI is InChI=1S/C19H20ClFN6O2/c1-10(16(29)4-3-5-22-11(2)28)26-19-15(21)9-25-18(27-19)14-8-24-17-13(14)6-12(20)7-23-17/h6-10H,3-5H2,1-2H3,(H,22,28)(H,23,24)(H,25,26,27)/t10-/m0/s1. The van der Waals surface area contributed by atoms with E-state index in [2.05, 4.69) is 30.6 Å². The van der Waals surface area contributed by atoms with Crippen molar-refractivity contribution in [2.75, 3.05) is 11.9 Å². The molecule has 0 saturated carbocycles. The molecule has 8 nitrogen and oxygen atoms in total. The summed E-state index contributed by atoms with van der Waals surface area (Å²) in [7, 11) is 0. The zero-order valence-corrected chi connectivity index (χ0v) is 16.7. The molecule has 0 aliphatic rings. The Kier molecular flexibility index (Phi) is 6.38. The molecule has 1 atom stereocenters. The van der Waals surface area contributed by atoms with Gasteiger partial charge in [0.2, 0.25) is 5.91 Å². The number of anilines is 1. The van der Waals surface area contributed by atoms with Gasteiger partial charge in [-0.15, -0.1) is 0 Å². The maximum atomic E-state index is 14.2. The lowest BCUT2D eigenvalue weighted by atomic mass is 10.1. The Bertz CT molecular complexity index is 1050. The van der Waals surface area contributed by atoms with Crippen molar-refractivity contribution < 1.29 is 14.0 Å². The van der Waals surface area contributed by atoms with E-state index in [0.29, 0.717) is 34.6 Å². The number of rotatable bonds is 8. The Hall–Kier alpha value is -3.07. The summed E-state index contributed by atoms with van der Waals surface area (Å²) in [6.45, 7) is 3.47. The van der Waals surface area contributed by atoms with Crippen molar-refractivity contribution in [3.63, 3.8) is 0 Å². The molecular formula is C19H20ClFN6O2. The van der Waals surface area contributed by atoms with Crippen molar-refractivity contribution in [2.45, 2.75) is 32.7 Å². The summed E-state index contributed by atoms with van der Waals surface area (Å²) < 4.78 is 14.2. The first-order chi connectivity index (χ1) is 13.8. The number of aromatic amines is 1. The molecule has 0 aromatic carbocycles. The van der Waals surface area contributed by atoms with Crippen LogP contribution in [0.4, 0.5) is 10.2 Å². The third kappa shape index (κ3) is 5.05. The van der Waals surface area contributed by atoms with E-state index in [4.69, 9.17) is 11.6 Å². The molecule has 0 saturated heterocycles. The van der Waals surface area contributed by atoms with E-state index in [0.717, 1.165) is 6.20 Å². The van der Waals surface area contributed by atoms with Gasteiger partial charge >= 0.3 is 0 Å². The normalized spacial score (nSPS) is 12.0. The lowest BCUT2D eigenvalue weighted by Crippen LogP contribution is -2.28. The fraction of sp³-hybridized carbons (Fsp3) is 0.316. The van der Waals surface area contributed by atoms with Crippen molar-refractivity contribution in [1.29, 1.82) is 0 Å². The van der Waals surface area contributed by atoms with Crippen LogP contribution in [0.2, 0.25) is 5.02 Å². The molecule has 0 aliphatic carbocycles. The van der Waals surface area contributed by atoms with Crippen LogP contribution >= 0.6 is 11.6 Å². The molecule has 1 amide bonds. The van der Waals surface area contributed by atoms with Crippen LogP contribution in [0.15, 0.2) is 24.7 Å². The number of pyridine rings is 1. The summed E-state index contributed by atoms with van der Waals surface area (Å²) in [6.07, 6.45) is 4.99. The number of fused-ring (bicyclic) bond motifs is 1. The Morgan fingerprint density at radius 3 is 2.86 bits per heavy atom. The van der Waals surface area contributed by atoms with Crippen molar-refractivity contribution in [3.8, 4) is 11.4 Å². The van der Waals surface area contributed by atoms with E-state index >= 15 is 0 Å². The predicted molar refractivity (Wildman–Crippen MR) is 108 cm³/mol. The van der Waals surface area contributed by atoms with Gasteiger partial charge in [0.05, 0.1) is 17.3 Å². The minimum absolute atomic E-state index is 0.0675. The number of nitrogens with one attached hydrogen (secondary N) is 3. The van der Waals surface area contributed by atoms with Gasteiger partial charge in [0.15, 0.2) is 23.2 Å². The number of H-pyrrole nitrogens is 1. The topological polar surface area (TPSA) is 113 Å². The van der Waals surface area contributed by atoms with Gasteiger partial charge in [-0.1, -0.05) is 11.6 Å². The summed E-state index contributed by atoms with van der Waals surface area (Å²) in [6, 6.07) is 1.07. The molecule has 0 aliphatic heterocycles. The second-order valence-corrected chi connectivity index (χ2v) is 7.00. The lowest BCUT2D eigenvalue weighted by Gasteiger charge is -2.14. The van der Waals surface area contributed by atoms with Crippen molar-refractivity contribution in [1.82, 2.24) is 25.3 Å². The lowest BCUT2D eigenvalue weighted by molar-refractivity contribution is -0.121. The number of ketones is 1. The van der Waals surface area contributed by atoms with Crippen LogP contribution < -0.4 is 10.6 Å². The summed E-state index contributed by atoms with van der Waals surface area (Å²) >= 11 is 6.01. The summed E-state index contributed by atoms with van der Waals surface area (Å²) in [5.74, 6) is -0.717. The number of amides is 1. The minimum atomic E-state index is -0.664. The van der Waals surface area contributed by atoms with Crippen molar-refractivity contribution >= 4 is 40.1 Å². The van der Waals surface area contributed by atoms with Crippen molar-refractivity contribution in [2.24, 2.45) is 0 Å². The van der Waals surface area contributed by atoms with E-state index < -0.39 is 11.9 Å². The molecule has 152 valence electrons. The summed E-state index contributed by atoms with van der Waals surface area (Å²) in [5.41, 5.74) is 1.22. The van der Waals surface area contributed by atoms with Crippen LogP contribution in [0.5, 0.6) is 0 Å². The number of halogens is 2. The highest BCUT2D eigenvalue weighted by Gasteiger charge is 2.18. The van der Waals surface area contributed by atoms with Crippen LogP contribution in [-0.2, 0) is 9.59 Å². The molecule has 29 heavy (non-hydrogen) atoms. The number of hydrogen-bond acceptors (Lipinski definition) is 6. The first kappa shape index (κ1) is 20.7. The first-order valence-electron chi connectivity index (χ1n) is 9.04. The molecule has 0 fully saturated rings. The molecule has 10 heteroatoms. The number of carbonyl (C=O) groups excluding carboxylic acids is 2. The molecule has 3 aromatic heterocycles. The highest BCUT2D eigenvalue weighted by Crippen LogP contribution is 2.28. The second-order valence-electron chi connectivity index (χ2n) is 6.56. The fourth-order valence-corrected chi connectivity index (χ4v) is 2.95. The number of Topliss-reactive ketones (excluding diaryl/α,β-unsaturated/α-hetero) is 1. The van der Waals surface area contributed by atoms with E-state index in [9.17, 15) is 14.0 Å². The molecule has 3 heterocycles. The van der Waals surface area contributed by atoms with Gasteiger partial charge in [-0.2, -0.15) is 0 Å². The molecule has 3 aromatic rings. The Balaban J connectivity index is 1.74. The zero-order chi connectivity index (χ0) is 21.0. The Morgan fingerprint density at radius 1 is 1.31 bits per heavy atom. The predicted octanol–water partition coefficient (Wildman–Crippen LogP) is 3.10. The number of hydrogen-bond donors (Lipinski definition) is 3. The monoisotopic (exact) mass is 418 g/mol. The fourth-order valence-electron chi connectivity index (χ4n) is 2.79. The van der Waals surface area contributed by atoms with Gasteiger partial charge < -0.3 is 15.6 Å². The third-order valence-corrected chi connectivity index (χ3v) is 4.50. The molecule has 3 N–H and O–H groups in total. The number of nitrogens with zero attached hydrogens (tertiary/aromatic N) is 3. The molecule has 0 unspecified atom stereocenters. The van der Waals surface area contributed by atoms with Gasteiger partial charge in [0.1, 0.15) is 5.65 Å². The Morgan fingerprint density at radius 2 is 2.10 bits per heavy atom. The minimum Gasteiger partial charge on any atom is -0.358 e. The van der Waals surface area contributed by atoms with Gasteiger partial charge in [-0.25, -0.2) is 19.3 Å². The number of aromatic nitrogens is 4. The average Bonchev–Trinajstić information content (AvgIpc) is 3.09. The smallest absolute Gasteiger partial charge is 0.216 e. The highest BCUT2D eigenvalue weighted by atomic mass is 35.5. The van der Waals surface area contributed by atoms with E-state index in [1.54, 1.807) is 19.2 Å². The SMILES string of the molecule is CC(=O)NCCCC(=O)[C@H](C)Nc1nc(-c2c[nH]c3ncc(Cl)cc23)ncc1F. The summed E-state index contributed by atoms with van der Waals surface area (Å²) in [4.78, 5) is 38.6. The molecule has 0 spiro atoms. The third-order valence-electron chi connectivity index (χ3n) is 4.29. The highest BCUT2D eigenvalue weighted by molar-refractivity contribution is 6.31. The van der Waals surface area contributed by atoms with Crippen LogP contribution in [0.25, 0.3) is 22.4 Å². The maximum Gasteiger partial charge on any atom is 0.216 e. The largest absolute Gasteiger partial charge is 0.358 e. The van der Waals surface area contributed by atoms with Gasteiger partial charge in [0.25, 0.3) is 0 Å². The van der Waals surface area contributed by atoms with E-state index in [1.165, 1.54) is 13.1 Å². The average molecular weight is 419 g/mol. The second kappa shape index (κ2) is 8.95. The molecule has 3 rings (SSSR count). The van der Waals surface area contributed by atoms with Crippen LogP contribution in [-0.4, -0.2) is 44.2 Å². The van der Waals surface area contributed by atoms with Crippen LogP contribution in [0.3, 0.4) is 0 Å². The molecular weight excluding hydrogens is 399 g/mol. The zero-order valence-electron chi connectivity index (χ0n) is 15.9. The van der Waals surface area contributed by atoms with Crippen LogP contribution in [0.1, 0.15) is 26.7 Å². The van der Waals surface area contributed by atoms with Gasteiger partial charge in [-0.05, 0) is 19.4 Å². The number of carbonyl (C=O) groups is 2. The van der Waals surface area contributed by atoms with Gasteiger partial charge in [-0.3, -0.25) is 9.59 Å². The quantitative estimate of drug-likeness (QED) is 0.484. The maximum absolute atomic E-state index is 14.2. The van der Waals surface area contributed by atoms with E-state index in [1.807, 2.05) is 0 Å². The van der Waals surface area contributed by atoms with Crippen LogP contribution in [0, 0.1) is 5.82 Å². The van der Waals surface area contributed by atoms with E-state index in [-0.39, 0.29) is 29.8 Å². The first-order valence-corrected chi connectivity index (χ1v) is 9.42. The van der Waals surface area contributed by atoms with Crippen molar-refractivity contribution in [3.05, 3.63) is 35.5 Å². The van der Waals surface area contributed by atoms with Gasteiger partial charge in [0, 0.05) is 43.2 Å². The summed E-state index contributed by atoms with van der Waals surface area (Å²) in [5, 5.41) is 6.60. The molecule has 0 bridgehead atoms.